The summed E-state index contributed by atoms with van der Waals surface area (Å²) < 4.78 is 15.5. The van der Waals surface area contributed by atoms with E-state index in [1.54, 1.807) is 6.07 Å². The van der Waals surface area contributed by atoms with Gasteiger partial charge in [-0.1, -0.05) is 6.42 Å². The van der Waals surface area contributed by atoms with Crippen molar-refractivity contribution < 1.29 is 4.39 Å². The second-order valence-electron chi connectivity index (χ2n) is 5.77. The predicted molar refractivity (Wildman–Crippen MR) is 84.3 cm³/mol. The SMILES string of the molecule is CC(Cl)c1nc2cc(F)ccc2n1CCN1CCCCC1. The van der Waals surface area contributed by atoms with Gasteiger partial charge in [0.1, 0.15) is 11.6 Å². The number of nitrogens with zero attached hydrogens (tertiary/aromatic N) is 3. The fourth-order valence-corrected chi connectivity index (χ4v) is 3.25. The Balaban J connectivity index is 1.86. The number of fused-ring (bicyclic) bond motifs is 1. The molecule has 0 aliphatic carbocycles. The number of rotatable bonds is 4. The second-order valence-corrected chi connectivity index (χ2v) is 6.43. The Morgan fingerprint density at radius 2 is 2.00 bits per heavy atom. The highest BCUT2D eigenvalue weighted by molar-refractivity contribution is 6.20. The normalized spacial score (nSPS) is 18.2. The molecule has 1 unspecified atom stereocenters. The smallest absolute Gasteiger partial charge is 0.127 e. The van der Waals surface area contributed by atoms with Gasteiger partial charge < -0.3 is 9.47 Å². The molecular weight excluding hydrogens is 289 g/mol. The molecule has 1 aliphatic heterocycles. The van der Waals surface area contributed by atoms with E-state index in [0.717, 1.165) is 24.4 Å². The third kappa shape index (κ3) is 3.22. The summed E-state index contributed by atoms with van der Waals surface area (Å²) in [6.45, 7) is 6.12. The molecule has 1 saturated heterocycles. The molecule has 1 atom stereocenters. The van der Waals surface area contributed by atoms with Crippen LogP contribution in [0.5, 0.6) is 0 Å². The highest BCUT2D eigenvalue weighted by Gasteiger charge is 2.17. The first-order valence-corrected chi connectivity index (χ1v) is 8.11. The van der Waals surface area contributed by atoms with Crippen LogP contribution in [0.1, 0.15) is 37.4 Å². The van der Waals surface area contributed by atoms with Crippen LogP contribution in [-0.4, -0.2) is 34.1 Å². The van der Waals surface area contributed by atoms with Crippen LogP contribution in [0.2, 0.25) is 0 Å². The average molecular weight is 310 g/mol. The number of hydrogen-bond donors (Lipinski definition) is 0. The molecule has 0 spiro atoms. The second kappa shape index (κ2) is 6.32. The highest BCUT2D eigenvalue weighted by atomic mass is 35.5. The van der Waals surface area contributed by atoms with E-state index in [2.05, 4.69) is 14.5 Å². The van der Waals surface area contributed by atoms with Crippen molar-refractivity contribution in [2.75, 3.05) is 19.6 Å². The lowest BCUT2D eigenvalue weighted by molar-refractivity contribution is 0.221. The van der Waals surface area contributed by atoms with Crippen LogP contribution in [0.4, 0.5) is 4.39 Å². The third-order valence-corrected chi connectivity index (χ3v) is 4.38. The molecule has 0 saturated carbocycles. The van der Waals surface area contributed by atoms with Crippen molar-refractivity contribution in [3.8, 4) is 0 Å². The zero-order chi connectivity index (χ0) is 14.8. The maximum absolute atomic E-state index is 13.4. The van der Waals surface area contributed by atoms with Gasteiger partial charge in [0.25, 0.3) is 0 Å². The molecule has 114 valence electrons. The Bertz CT molecular complexity index is 617. The fourth-order valence-electron chi connectivity index (χ4n) is 3.08. The number of imidazole rings is 1. The van der Waals surface area contributed by atoms with Gasteiger partial charge in [0, 0.05) is 19.2 Å². The Morgan fingerprint density at radius 3 is 2.71 bits per heavy atom. The fraction of sp³-hybridized carbons (Fsp3) is 0.562. The van der Waals surface area contributed by atoms with E-state index >= 15 is 0 Å². The Hall–Kier alpha value is -1.13. The maximum atomic E-state index is 13.4. The zero-order valence-corrected chi connectivity index (χ0v) is 13.1. The van der Waals surface area contributed by atoms with Crippen LogP contribution in [0.3, 0.4) is 0 Å². The predicted octanol–water partition coefficient (Wildman–Crippen LogP) is 3.96. The van der Waals surface area contributed by atoms with Crippen LogP contribution in [0.15, 0.2) is 18.2 Å². The van der Waals surface area contributed by atoms with E-state index in [-0.39, 0.29) is 11.2 Å². The summed E-state index contributed by atoms with van der Waals surface area (Å²) in [6, 6.07) is 4.77. The third-order valence-electron chi connectivity index (χ3n) is 4.18. The van der Waals surface area contributed by atoms with Crippen molar-refractivity contribution in [3.05, 3.63) is 29.8 Å². The molecule has 2 heterocycles. The summed E-state index contributed by atoms with van der Waals surface area (Å²) in [6.07, 6.45) is 3.91. The van der Waals surface area contributed by atoms with Gasteiger partial charge in [0.05, 0.1) is 16.4 Å². The summed E-state index contributed by atoms with van der Waals surface area (Å²) in [5, 5.41) is -0.179. The first kappa shape index (κ1) is 14.8. The van der Waals surface area contributed by atoms with Crippen molar-refractivity contribution in [1.82, 2.24) is 14.5 Å². The van der Waals surface area contributed by atoms with E-state index in [9.17, 15) is 4.39 Å². The molecule has 2 aromatic rings. The highest BCUT2D eigenvalue weighted by Crippen LogP contribution is 2.25. The molecule has 1 aromatic carbocycles. The first-order valence-electron chi connectivity index (χ1n) is 7.67. The molecule has 0 amide bonds. The van der Waals surface area contributed by atoms with Crippen LogP contribution in [0, 0.1) is 5.82 Å². The minimum atomic E-state index is -0.253. The number of benzene rings is 1. The van der Waals surface area contributed by atoms with Crippen LogP contribution < -0.4 is 0 Å². The lowest BCUT2D eigenvalue weighted by atomic mass is 10.1. The minimum absolute atomic E-state index is 0.179. The summed E-state index contributed by atoms with van der Waals surface area (Å²) in [4.78, 5) is 7.00. The molecule has 1 fully saturated rings. The van der Waals surface area contributed by atoms with Crippen molar-refractivity contribution >= 4 is 22.6 Å². The Labute approximate surface area is 129 Å². The summed E-state index contributed by atoms with van der Waals surface area (Å²) in [7, 11) is 0. The van der Waals surface area contributed by atoms with Crippen molar-refractivity contribution in [2.24, 2.45) is 0 Å². The standard InChI is InChI=1S/C16H21ClFN3/c1-12(17)16-19-14-11-13(18)5-6-15(14)21(16)10-9-20-7-3-2-4-8-20/h5-6,11-12H,2-4,7-10H2,1H3. The average Bonchev–Trinajstić information content (AvgIpc) is 2.84. The van der Waals surface area contributed by atoms with E-state index < -0.39 is 0 Å². The van der Waals surface area contributed by atoms with Crippen LogP contribution in [-0.2, 0) is 6.54 Å². The summed E-state index contributed by atoms with van der Waals surface area (Å²) in [5.41, 5.74) is 1.66. The topological polar surface area (TPSA) is 21.1 Å². The molecule has 1 aromatic heterocycles. The lowest BCUT2D eigenvalue weighted by Gasteiger charge is -2.27. The first-order chi connectivity index (χ1) is 10.1. The Kier molecular flexibility index (Phi) is 4.45. The molecule has 1 aliphatic rings. The van der Waals surface area contributed by atoms with Gasteiger partial charge in [0.2, 0.25) is 0 Å². The van der Waals surface area contributed by atoms with Gasteiger partial charge >= 0.3 is 0 Å². The maximum Gasteiger partial charge on any atom is 0.127 e. The van der Waals surface area contributed by atoms with E-state index in [4.69, 9.17) is 11.6 Å². The molecule has 5 heteroatoms. The van der Waals surface area contributed by atoms with E-state index in [0.29, 0.717) is 5.52 Å². The number of likely N-dealkylation sites (tertiary alicyclic amines) is 1. The van der Waals surface area contributed by atoms with E-state index in [1.165, 1.54) is 44.5 Å². The number of piperidine rings is 1. The molecule has 0 radical (unpaired) electrons. The number of hydrogen-bond acceptors (Lipinski definition) is 2. The summed E-state index contributed by atoms with van der Waals surface area (Å²) >= 11 is 6.25. The van der Waals surface area contributed by atoms with Gasteiger partial charge in [0.15, 0.2) is 0 Å². The Morgan fingerprint density at radius 1 is 1.24 bits per heavy atom. The molecular formula is C16H21ClFN3. The quantitative estimate of drug-likeness (QED) is 0.797. The summed E-state index contributed by atoms with van der Waals surface area (Å²) in [5.74, 6) is 0.575. The van der Waals surface area contributed by atoms with Gasteiger partial charge in [-0.15, -0.1) is 11.6 Å². The van der Waals surface area contributed by atoms with E-state index in [1.807, 2.05) is 6.92 Å². The number of halogens is 2. The van der Waals surface area contributed by atoms with Crippen molar-refractivity contribution in [2.45, 2.75) is 38.1 Å². The van der Waals surface area contributed by atoms with Crippen molar-refractivity contribution in [3.63, 3.8) is 0 Å². The molecule has 3 rings (SSSR count). The van der Waals surface area contributed by atoms with Crippen LogP contribution in [0.25, 0.3) is 11.0 Å². The van der Waals surface area contributed by atoms with Crippen molar-refractivity contribution in [1.29, 1.82) is 0 Å². The number of alkyl halides is 1. The minimum Gasteiger partial charge on any atom is -0.325 e. The molecule has 0 N–H and O–H groups in total. The van der Waals surface area contributed by atoms with Gasteiger partial charge in [-0.05, 0) is 45.0 Å². The lowest BCUT2D eigenvalue weighted by Crippen LogP contribution is -2.32. The van der Waals surface area contributed by atoms with Crippen LogP contribution >= 0.6 is 11.6 Å². The molecule has 0 bridgehead atoms. The largest absolute Gasteiger partial charge is 0.325 e. The zero-order valence-electron chi connectivity index (χ0n) is 12.4. The monoisotopic (exact) mass is 309 g/mol. The van der Waals surface area contributed by atoms with Gasteiger partial charge in [-0.2, -0.15) is 0 Å². The number of aromatic nitrogens is 2. The van der Waals surface area contributed by atoms with Gasteiger partial charge in [-0.3, -0.25) is 0 Å². The van der Waals surface area contributed by atoms with Gasteiger partial charge in [-0.25, -0.2) is 9.37 Å². The molecule has 21 heavy (non-hydrogen) atoms. The molecule has 3 nitrogen and oxygen atoms in total.